The maximum Gasteiger partial charge on any atom is 0.320 e. The third kappa shape index (κ3) is 11.3. The second kappa shape index (κ2) is 16.7. The van der Waals surface area contributed by atoms with Crippen molar-refractivity contribution in [2.45, 2.75) is 98.8 Å². The molecule has 0 radical (unpaired) electrons. The standard InChI is InChI=1S/C24H42O7/c1-6-10-13-20(9-4)18-31-23(28)24(19(5)25,16-21(26)29-14-11-7-2)17-22(27)30-15-12-8-3/h20H,6-18H2,1-5H3. The fourth-order valence-electron chi connectivity index (χ4n) is 3.08. The molecule has 0 rings (SSSR count). The lowest BCUT2D eigenvalue weighted by molar-refractivity contribution is -0.172. The van der Waals surface area contributed by atoms with E-state index in [1.165, 1.54) is 6.92 Å². The molecule has 0 amide bonds. The van der Waals surface area contributed by atoms with Gasteiger partial charge in [-0.15, -0.1) is 0 Å². The number of Topliss-reactive ketones (excluding diaryl/α,β-unsaturated/α-hetero) is 1. The van der Waals surface area contributed by atoms with Gasteiger partial charge in [-0.25, -0.2) is 0 Å². The largest absolute Gasteiger partial charge is 0.466 e. The Kier molecular flexibility index (Phi) is 15.7. The van der Waals surface area contributed by atoms with Crippen LogP contribution in [0.1, 0.15) is 98.8 Å². The van der Waals surface area contributed by atoms with Gasteiger partial charge in [0, 0.05) is 0 Å². The topological polar surface area (TPSA) is 96.0 Å². The summed E-state index contributed by atoms with van der Waals surface area (Å²) in [5.74, 6) is -2.67. The molecule has 0 bridgehead atoms. The molecule has 0 aromatic rings. The first-order chi connectivity index (χ1) is 14.8. The molecule has 31 heavy (non-hydrogen) atoms. The van der Waals surface area contributed by atoms with Crippen LogP contribution in [0, 0.1) is 11.3 Å². The number of hydrogen-bond acceptors (Lipinski definition) is 7. The molecular formula is C24H42O7. The highest BCUT2D eigenvalue weighted by Gasteiger charge is 2.49. The van der Waals surface area contributed by atoms with Crippen molar-refractivity contribution >= 4 is 23.7 Å². The van der Waals surface area contributed by atoms with Crippen LogP contribution in [-0.4, -0.2) is 43.5 Å². The van der Waals surface area contributed by atoms with E-state index in [-0.39, 0.29) is 25.7 Å². The summed E-state index contributed by atoms with van der Waals surface area (Å²) in [6, 6.07) is 0. The Bertz CT molecular complexity index is 532. The number of rotatable bonds is 18. The average molecular weight is 443 g/mol. The smallest absolute Gasteiger partial charge is 0.320 e. The zero-order chi connectivity index (χ0) is 23.7. The Labute approximate surface area is 187 Å². The van der Waals surface area contributed by atoms with E-state index >= 15 is 0 Å². The van der Waals surface area contributed by atoms with E-state index in [0.29, 0.717) is 12.8 Å². The summed E-state index contributed by atoms with van der Waals surface area (Å²) in [5, 5.41) is 0. The van der Waals surface area contributed by atoms with Crippen molar-refractivity contribution in [3.63, 3.8) is 0 Å². The molecule has 0 saturated carbocycles. The van der Waals surface area contributed by atoms with Gasteiger partial charge in [0.1, 0.15) is 11.2 Å². The molecule has 0 N–H and O–H groups in total. The lowest BCUT2D eigenvalue weighted by Crippen LogP contribution is -2.44. The van der Waals surface area contributed by atoms with Crippen LogP contribution >= 0.6 is 0 Å². The van der Waals surface area contributed by atoms with E-state index in [1.807, 2.05) is 20.8 Å². The van der Waals surface area contributed by atoms with Gasteiger partial charge in [0.2, 0.25) is 0 Å². The van der Waals surface area contributed by atoms with Gasteiger partial charge in [-0.05, 0) is 32.1 Å². The van der Waals surface area contributed by atoms with E-state index in [0.717, 1.165) is 38.5 Å². The SMILES string of the molecule is CCCCOC(=O)CC(CC(=O)OCCCC)(C(C)=O)C(=O)OCC(CC)CCCC. The predicted molar refractivity (Wildman–Crippen MR) is 118 cm³/mol. The van der Waals surface area contributed by atoms with Crippen LogP contribution in [0.5, 0.6) is 0 Å². The van der Waals surface area contributed by atoms with Gasteiger partial charge in [0.25, 0.3) is 0 Å². The summed E-state index contributed by atoms with van der Waals surface area (Å²) >= 11 is 0. The monoisotopic (exact) mass is 442 g/mol. The summed E-state index contributed by atoms with van der Waals surface area (Å²) in [6.07, 6.45) is 5.77. The number of unbranched alkanes of at least 4 members (excludes halogenated alkanes) is 3. The van der Waals surface area contributed by atoms with Crippen LogP contribution in [-0.2, 0) is 33.4 Å². The number of esters is 3. The number of carbonyl (C=O) groups is 4. The van der Waals surface area contributed by atoms with Gasteiger partial charge in [-0.3, -0.25) is 19.2 Å². The molecule has 1 unspecified atom stereocenters. The zero-order valence-electron chi connectivity index (χ0n) is 20.1. The lowest BCUT2D eigenvalue weighted by atomic mass is 9.77. The maximum atomic E-state index is 13.1. The second-order valence-corrected chi connectivity index (χ2v) is 8.15. The third-order valence-corrected chi connectivity index (χ3v) is 5.47. The van der Waals surface area contributed by atoms with E-state index in [9.17, 15) is 19.2 Å². The Hall–Kier alpha value is -1.92. The molecule has 180 valence electrons. The number of ketones is 1. The van der Waals surface area contributed by atoms with Crippen LogP contribution in [0.15, 0.2) is 0 Å². The van der Waals surface area contributed by atoms with Gasteiger partial charge < -0.3 is 14.2 Å². The number of carbonyl (C=O) groups excluding carboxylic acids is 4. The van der Waals surface area contributed by atoms with Gasteiger partial charge >= 0.3 is 17.9 Å². The van der Waals surface area contributed by atoms with E-state index < -0.39 is 41.9 Å². The molecule has 0 aliphatic heterocycles. The van der Waals surface area contributed by atoms with Crippen molar-refractivity contribution < 1.29 is 33.4 Å². The molecule has 0 aromatic heterocycles. The van der Waals surface area contributed by atoms with Crippen molar-refractivity contribution in [1.29, 1.82) is 0 Å². The Morgan fingerprint density at radius 1 is 0.742 bits per heavy atom. The van der Waals surface area contributed by atoms with Crippen molar-refractivity contribution in [3.05, 3.63) is 0 Å². The fraction of sp³-hybridized carbons (Fsp3) is 0.833. The van der Waals surface area contributed by atoms with Gasteiger partial charge in [-0.1, -0.05) is 59.8 Å². The lowest BCUT2D eigenvalue weighted by Gasteiger charge is -2.28. The fourth-order valence-corrected chi connectivity index (χ4v) is 3.08. The average Bonchev–Trinajstić information content (AvgIpc) is 2.73. The molecule has 7 heteroatoms. The molecule has 0 aliphatic carbocycles. The first kappa shape index (κ1) is 29.1. The quantitative estimate of drug-likeness (QED) is 0.130. The molecule has 7 nitrogen and oxygen atoms in total. The maximum absolute atomic E-state index is 13.1. The van der Waals surface area contributed by atoms with Gasteiger partial charge in [-0.2, -0.15) is 0 Å². The normalized spacial score (nSPS) is 12.2. The minimum absolute atomic E-state index is 0.153. The van der Waals surface area contributed by atoms with Crippen LogP contribution in [0.4, 0.5) is 0 Å². The summed E-state index contributed by atoms with van der Waals surface area (Å²) in [5.41, 5.74) is -1.92. The highest BCUT2D eigenvalue weighted by Crippen LogP contribution is 2.32. The summed E-state index contributed by atoms with van der Waals surface area (Å²) in [7, 11) is 0. The van der Waals surface area contributed by atoms with E-state index in [2.05, 4.69) is 6.92 Å². The van der Waals surface area contributed by atoms with E-state index in [4.69, 9.17) is 14.2 Å². The number of hydrogen-bond donors (Lipinski definition) is 0. The second-order valence-electron chi connectivity index (χ2n) is 8.15. The molecular weight excluding hydrogens is 400 g/mol. The summed E-state index contributed by atoms with van der Waals surface area (Å²) < 4.78 is 15.8. The van der Waals surface area contributed by atoms with Crippen LogP contribution in [0.25, 0.3) is 0 Å². The predicted octanol–water partition coefficient (Wildman–Crippen LogP) is 4.79. The van der Waals surface area contributed by atoms with Crippen LogP contribution in [0.3, 0.4) is 0 Å². The van der Waals surface area contributed by atoms with Gasteiger partial charge in [0.15, 0.2) is 0 Å². The third-order valence-electron chi connectivity index (χ3n) is 5.47. The van der Waals surface area contributed by atoms with Crippen molar-refractivity contribution in [1.82, 2.24) is 0 Å². The first-order valence-electron chi connectivity index (χ1n) is 11.8. The summed E-state index contributed by atoms with van der Waals surface area (Å²) in [4.78, 5) is 50.5. The van der Waals surface area contributed by atoms with Crippen LogP contribution in [0.2, 0.25) is 0 Å². The highest BCUT2D eigenvalue weighted by molar-refractivity contribution is 6.07. The Morgan fingerprint density at radius 3 is 1.61 bits per heavy atom. The minimum atomic E-state index is -1.92. The Morgan fingerprint density at radius 2 is 1.23 bits per heavy atom. The minimum Gasteiger partial charge on any atom is -0.466 e. The molecule has 0 aliphatic rings. The molecule has 0 fully saturated rings. The van der Waals surface area contributed by atoms with Crippen molar-refractivity contribution in [2.24, 2.45) is 11.3 Å². The van der Waals surface area contributed by atoms with E-state index in [1.54, 1.807) is 0 Å². The molecule has 0 saturated heterocycles. The summed E-state index contributed by atoms with van der Waals surface area (Å²) in [6.45, 7) is 9.79. The molecule has 0 aromatic carbocycles. The first-order valence-corrected chi connectivity index (χ1v) is 11.8. The molecule has 1 atom stereocenters. The molecule has 0 spiro atoms. The van der Waals surface area contributed by atoms with Crippen molar-refractivity contribution in [3.8, 4) is 0 Å². The van der Waals surface area contributed by atoms with Crippen LogP contribution < -0.4 is 0 Å². The molecule has 0 heterocycles. The van der Waals surface area contributed by atoms with Gasteiger partial charge in [0.05, 0.1) is 32.7 Å². The number of ether oxygens (including phenoxy) is 3. The zero-order valence-corrected chi connectivity index (χ0v) is 20.1. The Balaban J connectivity index is 5.47. The highest BCUT2D eigenvalue weighted by atomic mass is 16.5. The van der Waals surface area contributed by atoms with Crippen molar-refractivity contribution in [2.75, 3.05) is 19.8 Å².